The summed E-state index contributed by atoms with van der Waals surface area (Å²) in [6.07, 6.45) is -3.59. The number of aryl methyl sites for hydroxylation is 1. The fourth-order valence-corrected chi connectivity index (χ4v) is 2.19. The van der Waals surface area contributed by atoms with Crippen molar-refractivity contribution in [2.24, 2.45) is 5.10 Å². The number of aliphatic hydroxyl groups is 1. The molecule has 2 heterocycles. The van der Waals surface area contributed by atoms with Crippen LogP contribution in [0.2, 0.25) is 0 Å². The molecule has 1 aliphatic rings. The molecule has 0 aromatic carbocycles. The Hall–Kier alpha value is -1.42. The van der Waals surface area contributed by atoms with Crippen molar-refractivity contribution in [2.75, 3.05) is 0 Å². The number of rotatable bonds is 3. The maximum absolute atomic E-state index is 12.8. The number of carbonyl (C=O) groups is 1. The van der Waals surface area contributed by atoms with E-state index in [9.17, 15) is 23.1 Å². The van der Waals surface area contributed by atoms with Gasteiger partial charge < -0.3 is 5.11 Å². The van der Waals surface area contributed by atoms with Gasteiger partial charge >= 0.3 is 6.18 Å². The van der Waals surface area contributed by atoms with E-state index < -0.39 is 24.2 Å². The second-order valence-corrected chi connectivity index (χ2v) is 5.43. The first-order valence-electron chi connectivity index (χ1n) is 5.99. The van der Waals surface area contributed by atoms with Crippen LogP contribution in [0.5, 0.6) is 0 Å². The van der Waals surface area contributed by atoms with Gasteiger partial charge in [0.2, 0.25) is 5.91 Å². The number of alkyl halides is 3. The Morgan fingerprint density at radius 3 is 2.76 bits per heavy atom. The summed E-state index contributed by atoms with van der Waals surface area (Å²) in [4.78, 5) is 11.9. The molecule has 2 rings (SSSR count). The molecule has 1 atom stereocenters. The highest BCUT2D eigenvalue weighted by atomic mass is 79.9. The van der Waals surface area contributed by atoms with Crippen LogP contribution in [-0.4, -0.2) is 43.9 Å². The van der Waals surface area contributed by atoms with Gasteiger partial charge in [0.15, 0.2) is 0 Å². The van der Waals surface area contributed by atoms with Crippen molar-refractivity contribution in [3.05, 3.63) is 16.4 Å². The van der Waals surface area contributed by atoms with Crippen LogP contribution in [0.15, 0.2) is 15.8 Å². The number of hydrogen-bond donors (Lipinski definition) is 1. The molecule has 6 nitrogen and oxygen atoms in total. The molecular weight excluding hydrogens is 357 g/mol. The van der Waals surface area contributed by atoms with E-state index in [-0.39, 0.29) is 18.0 Å². The zero-order valence-electron chi connectivity index (χ0n) is 10.9. The number of hydrogen-bond acceptors (Lipinski definition) is 4. The predicted molar refractivity (Wildman–Crippen MR) is 70.2 cm³/mol. The third-order valence-electron chi connectivity index (χ3n) is 3.19. The molecule has 10 heteroatoms. The van der Waals surface area contributed by atoms with Crippen LogP contribution in [-0.2, 0) is 11.3 Å². The molecule has 1 N–H and O–H groups in total. The molecule has 0 aliphatic carbocycles. The van der Waals surface area contributed by atoms with Crippen LogP contribution in [0.3, 0.4) is 0 Å². The van der Waals surface area contributed by atoms with Gasteiger partial charge in [0.1, 0.15) is 0 Å². The Morgan fingerprint density at radius 2 is 2.24 bits per heavy atom. The fraction of sp³-hybridized carbons (Fsp3) is 0.545. The van der Waals surface area contributed by atoms with Gasteiger partial charge in [0.05, 0.1) is 17.2 Å². The molecular formula is C11H12BrF3N4O2. The number of aromatic nitrogens is 2. The molecule has 0 fully saturated rings. The van der Waals surface area contributed by atoms with Gasteiger partial charge in [-0.15, -0.1) is 0 Å². The fourth-order valence-electron chi connectivity index (χ4n) is 1.89. The summed E-state index contributed by atoms with van der Waals surface area (Å²) in [6, 6.07) is 0. The molecule has 0 saturated heterocycles. The molecule has 0 bridgehead atoms. The lowest BCUT2D eigenvalue weighted by Gasteiger charge is -2.32. The van der Waals surface area contributed by atoms with Gasteiger partial charge in [0.25, 0.3) is 5.72 Å². The largest absolute Gasteiger partial charge is 0.438 e. The van der Waals surface area contributed by atoms with Crippen molar-refractivity contribution >= 4 is 28.1 Å². The van der Waals surface area contributed by atoms with Crippen LogP contribution in [0.4, 0.5) is 13.2 Å². The summed E-state index contributed by atoms with van der Waals surface area (Å²) in [6.45, 7) is 1.85. The quantitative estimate of drug-likeness (QED) is 0.884. The number of amides is 1. The number of carbonyl (C=O) groups excluding carboxylic acids is 1. The van der Waals surface area contributed by atoms with E-state index >= 15 is 0 Å². The van der Waals surface area contributed by atoms with Gasteiger partial charge in [-0.2, -0.15) is 28.4 Å². The third kappa shape index (κ3) is 2.82. The maximum Gasteiger partial charge on any atom is 0.438 e. The van der Waals surface area contributed by atoms with E-state index in [1.165, 1.54) is 10.9 Å². The summed E-state index contributed by atoms with van der Waals surface area (Å²) in [7, 11) is 0. The van der Waals surface area contributed by atoms with Crippen LogP contribution in [0, 0.1) is 6.92 Å². The highest BCUT2D eigenvalue weighted by Crippen LogP contribution is 2.38. The molecule has 0 spiro atoms. The first-order chi connectivity index (χ1) is 9.67. The van der Waals surface area contributed by atoms with E-state index in [1.807, 2.05) is 0 Å². The minimum atomic E-state index is -4.97. The van der Waals surface area contributed by atoms with E-state index in [0.717, 1.165) is 16.4 Å². The molecule has 21 heavy (non-hydrogen) atoms. The SMILES string of the molecule is Cc1c(Br)cnn1CCC(=O)N1N=CC[C@]1(O)C(F)(F)F. The van der Waals surface area contributed by atoms with Crippen molar-refractivity contribution in [1.29, 1.82) is 0 Å². The Labute approximate surface area is 126 Å². The topological polar surface area (TPSA) is 70.7 Å². The first-order valence-corrected chi connectivity index (χ1v) is 6.78. The number of hydrazone groups is 1. The lowest BCUT2D eigenvalue weighted by Crippen LogP contribution is -2.56. The minimum absolute atomic E-state index is 0.0935. The molecule has 1 aliphatic heterocycles. The maximum atomic E-state index is 12.8. The molecule has 0 unspecified atom stereocenters. The monoisotopic (exact) mass is 368 g/mol. The molecule has 1 aromatic heterocycles. The Morgan fingerprint density at radius 1 is 1.57 bits per heavy atom. The predicted octanol–water partition coefficient (Wildman–Crippen LogP) is 1.81. The van der Waals surface area contributed by atoms with Gasteiger partial charge in [-0.1, -0.05) is 0 Å². The van der Waals surface area contributed by atoms with Crippen molar-refractivity contribution in [3.63, 3.8) is 0 Å². The molecule has 1 amide bonds. The van der Waals surface area contributed by atoms with E-state index in [0.29, 0.717) is 0 Å². The Bertz CT molecular complexity index is 587. The average Bonchev–Trinajstić information content (AvgIpc) is 2.93. The van der Waals surface area contributed by atoms with Crippen LogP contribution in [0.1, 0.15) is 18.5 Å². The van der Waals surface area contributed by atoms with Gasteiger partial charge in [0, 0.05) is 24.8 Å². The van der Waals surface area contributed by atoms with Crippen molar-refractivity contribution in [2.45, 2.75) is 38.2 Å². The van der Waals surface area contributed by atoms with Crippen molar-refractivity contribution < 1.29 is 23.1 Å². The Balaban J connectivity index is 2.07. The summed E-state index contributed by atoms with van der Waals surface area (Å²) >= 11 is 3.24. The van der Waals surface area contributed by atoms with Crippen molar-refractivity contribution in [1.82, 2.24) is 14.8 Å². The van der Waals surface area contributed by atoms with E-state index in [2.05, 4.69) is 26.1 Å². The Kier molecular flexibility index (Phi) is 4.11. The van der Waals surface area contributed by atoms with Crippen molar-refractivity contribution in [3.8, 4) is 0 Å². The smallest absolute Gasteiger partial charge is 0.362 e. The summed E-state index contributed by atoms with van der Waals surface area (Å²) in [5.41, 5.74) is -2.51. The van der Waals surface area contributed by atoms with E-state index in [1.54, 1.807) is 6.92 Å². The average molecular weight is 369 g/mol. The number of nitrogens with zero attached hydrogens (tertiary/aromatic N) is 4. The lowest BCUT2D eigenvalue weighted by molar-refractivity contribution is -0.302. The highest BCUT2D eigenvalue weighted by molar-refractivity contribution is 9.10. The highest BCUT2D eigenvalue weighted by Gasteiger charge is 2.61. The number of halogens is 4. The zero-order chi connectivity index (χ0) is 15.8. The molecule has 0 saturated carbocycles. The first kappa shape index (κ1) is 16.0. The second-order valence-electron chi connectivity index (χ2n) is 4.57. The summed E-state index contributed by atoms with van der Waals surface area (Å²) < 4.78 is 40.7. The normalized spacial score (nSPS) is 22.1. The van der Waals surface area contributed by atoms with Crippen LogP contribution < -0.4 is 0 Å². The summed E-state index contributed by atoms with van der Waals surface area (Å²) in [5, 5.41) is 17.1. The minimum Gasteiger partial charge on any atom is -0.362 e. The molecule has 1 aromatic rings. The second kappa shape index (κ2) is 5.41. The van der Waals surface area contributed by atoms with Gasteiger partial charge in [-0.05, 0) is 22.9 Å². The molecule has 116 valence electrons. The van der Waals surface area contributed by atoms with Gasteiger partial charge in [-0.25, -0.2) is 0 Å². The standard InChI is InChI=1S/C11H12BrF3N4O2/c1-7-8(12)6-17-18(7)5-2-9(20)19-10(21,3-4-16-19)11(13,14)15/h4,6,21H,2-3,5H2,1H3/t10-/m0/s1. The van der Waals surface area contributed by atoms with Crippen LogP contribution in [0.25, 0.3) is 0 Å². The van der Waals surface area contributed by atoms with Gasteiger partial charge in [-0.3, -0.25) is 9.48 Å². The zero-order valence-corrected chi connectivity index (χ0v) is 12.5. The summed E-state index contributed by atoms with van der Waals surface area (Å²) in [5.74, 6) is -0.922. The molecule has 0 radical (unpaired) electrons. The lowest BCUT2D eigenvalue weighted by atomic mass is 10.1. The van der Waals surface area contributed by atoms with E-state index in [4.69, 9.17) is 0 Å². The third-order valence-corrected chi connectivity index (χ3v) is 3.97. The van der Waals surface area contributed by atoms with Crippen LogP contribution >= 0.6 is 15.9 Å².